The lowest BCUT2D eigenvalue weighted by Gasteiger charge is -2.18. The van der Waals surface area contributed by atoms with Crippen LogP contribution in [0.15, 0.2) is 42.5 Å². The van der Waals surface area contributed by atoms with Gasteiger partial charge in [0.1, 0.15) is 0 Å². The number of alkyl halides is 3. The second-order valence-electron chi connectivity index (χ2n) is 5.08. The van der Waals surface area contributed by atoms with Gasteiger partial charge in [0.15, 0.2) is 0 Å². The summed E-state index contributed by atoms with van der Waals surface area (Å²) in [5.41, 5.74) is 6.68. The quantitative estimate of drug-likeness (QED) is 0.632. The molecule has 0 radical (unpaired) electrons. The lowest BCUT2D eigenvalue weighted by molar-refractivity contribution is -0.139. The molecule has 0 aliphatic rings. The fourth-order valence-electron chi connectivity index (χ4n) is 2.20. The highest BCUT2D eigenvalue weighted by Gasteiger charge is 2.39. The molecule has 1 unspecified atom stereocenters. The molecule has 0 saturated carbocycles. The Labute approximate surface area is 152 Å². The number of hydrogen-bond acceptors (Lipinski definition) is 1. The van der Waals surface area contributed by atoms with Gasteiger partial charge >= 0.3 is 6.18 Å². The zero-order valence-corrected chi connectivity index (χ0v) is 14.5. The first-order valence-electron chi connectivity index (χ1n) is 6.91. The molecule has 7 heteroatoms. The van der Waals surface area contributed by atoms with Crippen LogP contribution in [0, 0.1) is 0 Å². The first kappa shape index (κ1) is 19.1. The molecule has 0 spiro atoms. The maximum absolute atomic E-state index is 13.4. The highest BCUT2D eigenvalue weighted by molar-refractivity contribution is 6.42. The molecule has 0 amide bonds. The number of nitrogens with two attached hydrogens (primary N) is 1. The van der Waals surface area contributed by atoms with Crippen molar-refractivity contribution in [2.75, 3.05) is 0 Å². The van der Waals surface area contributed by atoms with Crippen molar-refractivity contribution < 1.29 is 13.2 Å². The van der Waals surface area contributed by atoms with Crippen LogP contribution in [0.25, 0.3) is 6.08 Å². The first-order chi connectivity index (χ1) is 11.2. The Morgan fingerprint density at radius 3 is 2.33 bits per heavy atom. The molecular formula is C17H13Cl3F3N. The van der Waals surface area contributed by atoms with Crippen LogP contribution in [0.1, 0.15) is 22.6 Å². The van der Waals surface area contributed by atoms with Crippen LogP contribution in [-0.2, 0) is 6.54 Å². The van der Waals surface area contributed by atoms with Gasteiger partial charge in [0.05, 0.1) is 21.0 Å². The summed E-state index contributed by atoms with van der Waals surface area (Å²) in [7, 11) is 0. The largest absolute Gasteiger partial charge is 0.399 e. The van der Waals surface area contributed by atoms with E-state index in [0.29, 0.717) is 16.1 Å². The van der Waals surface area contributed by atoms with Crippen LogP contribution in [0.5, 0.6) is 0 Å². The van der Waals surface area contributed by atoms with Crippen LogP contribution < -0.4 is 5.73 Å². The first-order valence-corrected chi connectivity index (χ1v) is 8.04. The summed E-state index contributed by atoms with van der Waals surface area (Å²) in [5.74, 6) is -1.83. The maximum Gasteiger partial charge on any atom is 0.399 e. The molecule has 2 N–H and O–H groups in total. The van der Waals surface area contributed by atoms with E-state index in [0.717, 1.165) is 6.08 Å². The molecule has 0 aliphatic carbocycles. The zero-order chi connectivity index (χ0) is 17.9. The summed E-state index contributed by atoms with van der Waals surface area (Å²) < 4.78 is 40.2. The molecule has 0 aromatic heterocycles. The molecule has 0 saturated heterocycles. The molecule has 2 aromatic carbocycles. The van der Waals surface area contributed by atoms with Crippen LogP contribution in [0.3, 0.4) is 0 Å². The van der Waals surface area contributed by atoms with Crippen molar-refractivity contribution in [2.24, 2.45) is 5.73 Å². The minimum atomic E-state index is -4.48. The van der Waals surface area contributed by atoms with Crippen molar-refractivity contribution in [2.45, 2.75) is 18.6 Å². The smallest absolute Gasteiger partial charge is 0.326 e. The number of hydrogen-bond donors (Lipinski definition) is 1. The number of allylic oxidation sites excluding steroid dienone is 1. The Hall–Kier alpha value is -1.20. The van der Waals surface area contributed by atoms with Gasteiger partial charge in [0, 0.05) is 6.54 Å². The fourth-order valence-corrected chi connectivity index (χ4v) is 2.77. The van der Waals surface area contributed by atoms with Gasteiger partial charge in [-0.25, -0.2) is 0 Å². The van der Waals surface area contributed by atoms with Gasteiger partial charge in [-0.05, 0) is 28.8 Å². The van der Waals surface area contributed by atoms with Crippen LogP contribution >= 0.6 is 34.8 Å². The highest BCUT2D eigenvalue weighted by Crippen LogP contribution is 2.38. The lowest BCUT2D eigenvalue weighted by Crippen LogP contribution is -2.18. The van der Waals surface area contributed by atoms with Gasteiger partial charge in [0.25, 0.3) is 0 Å². The van der Waals surface area contributed by atoms with E-state index in [9.17, 15) is 13.2 Å². The van der Waals surface area contributed by atoms with Crippen molar-refractivity contribution in [1.82, 2.24) is 0 Å². The van der Waals surface area contributed by atoms with E-state index < -0.39 is 12.1 Å². The Balaban J connectivity index is 2.42. The molecule has 1 atom stereocenters. The predicted octanol–water partition coefficient (Wildman–Crippen LogP) is 6.46. The van der Waals surface area contributed by atoms with E-state index in [-0.39, 0.29) is 22.2 Å². The fraction of sp³-hybridized carbons (Fsp3) is 0.176. The van der Waals surface area contributed by atoms with Gasteiger partial charge in [-0.2, -0.15) is 13.2 Å². The average molecular weight is 395 g/mol. The Morgan fingerprint density at radius 1 is 1.04 bits per heavy atom. The van der Waals surface area contributed by atoms with E-state index in [1.54, 1.807) is 18.2 Å². The second kappa shape index (κ2) is 7.79. The summed E-state index contributed by atoms with van der Waals surface area (Å²) in [5, 5.41) is 0.607. The standard InChI is InChI=1S/C17H13Cl3F3N/c18-14-7-5-11(8-15(14)19)13(17(21,22)23)6-4-10-2-1-3-12(9-24)16(10)20/h1-8,13H,9,24H2/b6-4+. The van der Waals surface area contributed by atoms with Crippen LogP contribution in [0.2, 0.25) is 15.1 Å². The maximum atomic E-state index is 13.4. The zero-order valence-electron chi connectivity index (χ0n) is 12.2. The third-order valence-electron chi connectivity index (χ3n) is 3.45. The molecule has 0 fully saturated rings. The summed E-state index contributed by atoms with van der Waals surface area (Å²) in [6.07, 6.45) is -2.10. The van der Waals surface area contributed by atoms with Gasteiger partial charge in [-0.15, -0.1) is 0 Å². The Morgan fingerprint density at radius 2 is 1.75 bits per heavy atom. The number of rotatable bonds is 4. The SMILES string of the molecule is NCc1cccc(/C=C/C(c2ccc(Cl)c(Cl)c2)C(F)(F)F)c1Cl. The van der Waals surface area contributed by atoms with Crippen LogP contribution in [-0.4, -0.2) is 6.18 Å². The lowest BCUT2D eigenvalue weighted by atomic mass is 9.97. The monoisotopic (exact) mass is 393 g/mol. The highest BCUT2D eigenvalue weighted by atomic mass is 35.5. The van der Waals surface area contributed by atoms with E-state index in [1.807, 2.05) is 0 Å². The summed E-state index contributed by atoms with van der Waals surface area (Å²) in [6.45, 7) is 0.204. The Bertz CT molecular complexity index is 757. The van der Waals surface area contributed by atoms with Crippen molar-refractivity contribution in [3.05, 3.63) is 74.2 Å². The van der Waals surface area contributed by atoms with Gasteiger partial charge in [-0.1, -0.05) is 71.2 Å². The van der Waals surface area contributed by atoms with Gasteiger partial charge in [0.2, 0.25) is 0 Å². The van der Waals surface area contributed by atoms with E-state index in [2.05, 4.69) is 0 Å². The summed E-state index contributed by atoms with van der Waals surface area (Å²) in [6, 6.07) is 8.89. The summed E-state index contributed by atoms with van der Waals surface area (Å²) >= 11 is 17.7. The Kier molecular flexibility index (Phi) is 6.21. The summed E-state index contributed by atoms with van der Waals surface area (Å²) in [4.78, 5) is 0. The van der Waals surface area contributed by atoms with Crippen LogP contribution in [0.4, 0.5) is 13.2 Å². The molecule has 128 valence electrons. The van der Waals surface area contributed by atoms with E-state index in [4.69, 9.17) is 40.5 Å². The van der Waals surface area contributed by atoms with Gasteiger partial charge in [-0.3, -0.25) is 0 Å². The normalized spacial score (nSPS) is 13.5. The molecule has 0 aliphatic heterocycles. The van der Waals surface area contributed by atoms with E-state index in [1.165, 1.54) is 24.3 Å². The number of halogens is 6. The van der Waals surface area contributed by atoms with Crippen molar-refractivity contribution in [1.29, 1.82) is 0 Å². The predicted molar refractivity (Wildman–Crippen MR) is 93.6 cm³/mol. The minimum absolute atomic E-state index is 0.000693. The van der Waals surface area contributed by atoms with Gasteiger partial charge < -0.3 is 5.73 Å². The minimum Gasteiger partial charge on any atom is -0.326 e. The molecule has 0 heterocycles. The van der Waals surface area contributed by atoms with Crippen molar-refractivity contribution in [3.63, 3.8) is 0 Å². The van der Waals surface area contributed by atoms with Crippen molar-refractivity contribution in [3.8, 4) is 0 Å². The molecule has 2 aromatic rings. The molecular weight excluding hydrogens is 382 g/mol. The number of benzene rings is 2. The topological polar surface area (TPSA) is 26.0 Å². The third-order valence-corrected chi connectivity index (χ3v) is 4.65. The second-order valence-corrected chi connectivity index (χ2v) is 6.27. The average Bonchev–Trinajstić information content (AvgIpc) is 2.51. The molecule has 2 rings (SSSR count). The molecule has 24 heavy (non-hydrogen) atoms. The van der Waals surface area contributed by atoms with Crippen molar-refractivity contribution >= 4 is 40.9 Å². The molecule has 1 nitrogen and oxygen atoms in total. The molecule has 0 bridgehead atoms. The third kappa shape index (κ3) is 4.45. The van der Waals surface area contributed by atoms with E-state index >= 15 is 0 Å².